The van der Waals surface area contributed by atoms with Gasteiger partial charge in [-0.05, 0) is 89.9 Å². The molecule has 0 aromatic heterocycles. The van der Waals surface area contributed by atoms with Crippen molar-refractivity contribution in [3.63, 3.8) is 0 Å². The number of allylic oxidation sites excluding steroid dienone is 16. The van der Waals surface area contributed by atoms with Gasteiger partial charge in [0.1, 0.15) is 13.2 Å². The van der Waals surface area contributed by atoms with Crippen LogP contribution >= 0.6 is 0 Å². The monoisotopic (exact) mass is 1160 g/mol. The molecule has 0 aromatic rings. The standard InChI is InChI=1S/C77H134O6/c1-4-7-10-13-16-19-22-25-28-31-34-35-36-37-38-39-40-41-44-46-49-52-55-58-61-64-67-70-76(79)82-73-74(83-77(80)71-68-65-62-59-56-53-50-47-43-33-30-27-24-21-18-15-12-9-6-3)72-81-75(78)69-66-63-60-57-54-51-48-45-42-32-29-26-23-20-17-14-11-8-5-2/h9,12,18,21-22,25,27,30-31,34,43,47,53,56,62,65,74H,4-8,10-11,13-17,19-20,23-24,26,28-29,32-33,35-42,44-46,48-52,54-55,57-61,63-64,66-73H2,1-3H3/b12-9-,21-18-,25-22-,30-27-,34-31-,47-43-,56-53-,65-62-. The molecule has 83 heavy (non-hydrogen) atoms. The topological polar surface area (TPSA) is 78.9 Å². The summed E-state index contributed by atoms with van der Waals surface area (Å²) in [4.78, 5) is 38.4. The molecule has 1 unspecified atom stereocenters. The lowest BCUT2D eigenvalue weighted by atomic mass is 10.0. The van der Waals surface area contributed by atoms with Gasteiger partial charge in [0.15, 0.2) is 6.10 Å². The van der Waals surface area contributed by atoms with Crippen LogP contribution in [0.1, 0.15) is 355 Å². The molecule has 0 aliphatic carbocycles. The minimum atomic E-state index is -0.819. The fourth-order valence-electron chi connectivity index (χ4n) is 10.3. The molecule has 0 spiro atoms. The lowest BCUT2D eigenvalue weighted by Crippen LogP contribution is -2.30. The Morgan fingerprint density at radius 2 is 0.494 bits per heavy atom. The summed E-state index contributed by atoms with van der Waals surface area (Å²) in [5, 5.41) is 0. The number of hydrogen-bond donors (Lipinski definition) is 0. The lowest BCUT2D eigenvalue weighted by Gasteiger charge is -2.18. The molecule has 0 N–H and O–H groups in total. The molecule has 0 aliphatic rings. The van der Waals surface area contributed by atoms with Gasteiger partial charge >= 0.3 is 17.9 Å². The molecule has 0 radical (unpaired) electrons. The van der Waals surface area contributed by atoms with Crippen LogP contribution in [0.15, 0.2) is 97.2 Å². The highest BCUT2D eigenvalue weighted by Crippen LogP contribution is 2.18. The van der Waals surface area contributed by atoms with Crippen LogP contribution in [0.3, 0.4) is 0 Å². The Morgan fingerprint density at radius 3 is 0.783 bits per heavy atom. The minimum Gasteiger partial charge on any atom is -0.462 e. The highest BCUT2D eigenvalue weighted by Gasteiger charge is 2.19. The van der Waals surface area contributed by atoms with Crippen molar-refractivity contribution < 1.29 is 28.6 Å². The van der Waals surface area contributed by atoms with Gasteiger partial charge in [-0.25, -0.2) is 0 Å². The SMILES string of the molecule is CC/C=C\C/C=C\C/C=C\C/C=C\C/C=C\C/C=C\CCC(=O)OC(COC(=O)CCCCCCCCCCCCCCCCC/C=C\C/C=C\CCCCCCC)COC(=O)CCCCCCCCCCCCCCCCCCCCC. The zero-order chi connectivity index (χ0) is 59.9. The molecule has 0 heterocycles. The van der Waals surface area contributed by atoms with E-state index in [9.17, 15) is 14.4 Å². The van der Waals surface area contributed by atoms with Gasteiger partial charge in [0.25, 0.3) is 0 Å². The van der Waals surface area contributed by atoms with Crippen molar-refractivity contribution in [2.45, 2.75) is 361 Å². The van der Waals surface area contributed by atoms with E-state index in [0.717, 1.165) is 83.5 Å². The molecular formula is C77H134O6. The third-order valence-electron chi connectivity index (χ3n) is 15.6. The quantitative estimate of drug-likeness (QED) is 0.0261. The van der Waals surface area contributed by atoms with Crippen LogP contribution in [-0.2, 0) is 28.6 Å². The van der Waals surface area contributed by atoms with Crippen molar-refractivity contribution in [1.82, 2.24) is 0 Å². The van der Waals surface area contributed by atoms with Crippen molar-refractivity contribution >= 4 is 17.9 Å². The Bertz CT molecular complexity index is 1610. The largest absolute Gasteiger partial charge is 0.462 e. The van der Waals surface area contributed by atoms with Crippen LogP contribution in [0.25, 0.3) is 0 Å². The van der Waals surface area contributed by atoms with Crippen LogP contribution in [-0.4, -0.2) is 37.2 Å². The zero-order valence-corrected chi connectivity index (χ0v) is 54.9. The molecule has 1 atom stereocenters. The summed E-state index contributed by atoms with van der Waals surface area (Å²) in [5.41, 5.74) is 0. The van der Waals surface area contributed by atoms with Gasteiger partial charge in [-0.2, -0.15) is 0 Å². The summed E-state index contributed by atoms with van der Waals surface area (Å²) in [6.45, 7) is 6.51. The maximum Gasteiger partial charge on any atom is 0.306 e. The number of carbonyl (C=O) groups excluding carboxylic acids is 3. The maximum atomic E-state index is 12.9. The van der Waals surface area contributed by atoms with E-state index in [0.29, 0.717) is 19.3 Å². The second-order valence-electron chi connectivity index (χ2n) is 23.8. The number of rotatable bonds is 65. The second kappa shape index (κ2) is 70.8. The summed E-state index contributed by atoms with van der Waals surface area (Å²) in [7, 11) is 0. The predicted octanol–water partition coefficient (Wildman–Crippen LogP) is 24.8. The van der Waals surface area contributed by atoms with Gasteiger partial charge in [-0.3, -0.25) is 14.4 Å². The lowest BCUT2D eigenvalue weighted by molar-refractivity contribution is -0.166. The Balaban J connectivity index is 4.38. The Labute approximate surface area is 515 Å². The van der Waals surface area contributed by atoms with Crippen molar-refractivity contribution in [3.05, 3.63) is 97.2 Å². The van der Waals surface area contributed by atoms with Gasteiger partial charge in [-0.1, -0.05) is 343 Å². The molecule has 0 rings (SSSR count). The van der Waals surface area contributed by atoms with Gasteiger partial charge in [0.2, 0.25) is 0 Å². The van der Waals surface area contributed by atoms with E-state index in [-0.39, 0.29) is 37.5 Å². The molecular weight excluding hydrogens is 1020 g/mol. The molecule has 0 amide bonds. The third kappa shape index (κ3) is 69.0. The van der Waals surface area contributed by atoms with Gasteiger partial charge < -0.3 is 14.2 Å². The molecule has 0 bridgehead atoms. The first kappa shape index (κ1) is 79.3. The van der Waals surface area contributed by atoms with E-state index >= 15 is 0 Å². The summed E-state index contributed by atoms with van der Waals surface area (Å²) in [6, 6.07) is 0. The third-order valence-corrected chi connectivity index (χ3v) is 15.6. The maximum absolute atomic E-state index is 12.9. The van der Waals surface area contributed by atoms with E-state index in [1.54, 1.807) is 0 Å². The Kier molecular flexibility index (Phi) is 67.7. The smallest absolute Gasteiger partial charge is 0.306 e. The van der Waals surface area contributed by atoms with E-state index < -0.39 is 6.10 Å². The fraction of sp³-hybridized carbons (Fsp3) is 0.753. The number of esters is 3. The summed E-state index contributed by atoms with van der Waals surface area (Å²) >= 11 is 0. The first-order chi connectivity index (χ1) is 41.0. The molecule has 0 saturated carbocycles. The predicted molar refractivity (Wildman–Crippen MR) is 362 cm³/mol. The summed E-state index contributed by atoms with van der Waals surface area (Å²) < 4.78 is 16.9. The minimum absolute atomic E-state index is 0.104. The van der Waals surface area contributed by atoms with Crippen molar-refractivity contribution in [2.75, 3.05) is 13.2 Å². The summed E-state index contributed by atoms with van der Waals surface area (Å²) in [5.74, 6) is -0.970. The summed E-state index contributed by atoms with van der Waals surface area (Å²) in [6.07, 6.45) is 95.9. The van der Waals surface area contributed by atoms with Crippen molar-refractivity contribution in [3.8, 4) is 0 Å². The van der Waals surface area contributed by atoms with Crippen molar-refractivity contribution in [2.24, 2.45) is 0 Å². The van der Waals surface area contributed by atoms with Gasteiger partial charge in [-0.15, -0.1) is 0 Å². The Morgan fingerprint density at radius 1 is 0.253 bits per heavy atom. The molecule has 0 fully saturated rings. The molecule has 6 nitrogen and oxygen atoms in total. The normalized spacial score (nSPS) is 12.7. The highest BCUT2D eigenvalue weighted by atomic mass is 16.6. The average molecular weight is 1160 g/mol. The molecule has 478 valence electrons. The number of ether oxygens (including phenoxy) is 3. The van der Waals surface area contributed by atoms with E-state index in [4.69, 9.17) is 14.2 Å². The van der Waals surface area contributed by atoms with Crippen LogP contribution < -0.4 is 0 Å². The first-order valence-corrected chi connectivity index (χ1v) is 35.7. The molecule has 6 heteroatoms. The van der Waals surface area contributed by atoms with Crippen LogP contribution in [0.2, 0.25) is 0 Å². The van der Waals surface area contributed by atoms with Crippen LogP contribution in [0.5, 0.6) is 0 Å². The van der Waals surface area contributed by atoms with Crippen LogP contribution in [0.4, 0.5) is 0 Å². The van der Waals surface area contributed by atoms with Crippen LogP contribution in [0, 0.1) is 0 Å². The first-order valence-electron chi connectivity index (χ1n) is 35.7. The highest BCUT2D eigenvalue weighted by molar-refractivity contribution is 5.71. The zero-order valence-electron chi connectivity index (χ0n) is 54.9. The number of unbranched alkanes of at least 4 members (excludes halogenated alkanes) is 38. The Hall–Kier alpha value is -3.67. The van der Waals surface area contributed by atoms with Crippen molar-refractivity contribution in [1.29, 1.82) is 0 Å². The number of carbonyl (C=O) groups is 3. The van der Waals surface area contributed by atoms with E-state index in [1.165, 1.54) is 225 Å². The molecule has 0 aromatic carbocycles. The van der Waals surface area contributed by atoms with Gasteiger partial charge in [0.05, 0.1) is 0 Å². The average Bonchev–Trinajstić information content (AvgIpc) is 3.50. The molecule has 0 saturated heterocycles. The fourth-order valence-corrected chi connectivity index (χ4v) is 10.3. The van der Waals surface area contributed by atoms with Gasteiger partial charge in [0, 0.05) is 19.3 Å². The second-order valence-corrected chi connectivity index (χ2v) is 23.8. The number of hydrogen-bond acceptors (Lipinski definition) is 6. The van der Waals surface area contributed by atoms with E-state index in [2.05, 4.69) is 112 Å². The molecule has 0 aliphatic heterocycles. The van der Waals surface area contributed by atoms with E-state index in [1.807, 2.05) is 6.08 Å².